The fourth-order valence-electron chi connectivity index (χ4n) is 2.60. The summed E-state index contributed by atoms with van der Waals surface area (Å²) < 4.78 is 21.1. The molecule has 0 aliphatic heterocycles. The van der Waals surface area contributed by atoms with Crippen LogP contribution in [0.1, 0.15) is 39.3 Å². The molecule has 26 heavy (non-hydrogen) atoms. The highest BCUT2D eigenvalue weighted by Crippen LogP contribution is 2.27. The van der Waals surface area contributed by atoms with Gasteiger partial charge in [-0.05, 0) is 68.3 Å². The lowest BCUT2D eigenvalue weighted by molar-refractivity contribution is 0.483. The zero-order valence-corrected chi connectivity index (χ0v) is 16.5. The Morgan fingerprint density at radius 2 is 1.50 bits per heavy atom. The molecule has 0 aromatic heterocycles. The van der Waals surface area contributed by atoms with E-state index in [0.717, 1.165) is 22.4 Å². The average molecular weight is 368 g/mol. The van der Waals surface area contributed by atoms with Crippen molar-refractivity contribution in [3.8, 4) is 11.5 Å². The Bertz CT molecular complexity index is 913. The summed E-state index contributed by atoms with van der Waals surface area (Å²) in [5.41, 5.74) is 1.08. The zero-order chi connectivity index (χ0) is 18.7. The molecule has 0 amide bonds. The summed E-state index contributed by atoms with van der Waals surface area (Å²) in [6, 6.07) is 22.2. The van der Waals surface area contributed by atoms with Crippen LogP contribution in [0.3, 0.4) is 0 Å². The second-order valence-electron chi connectivity index (χ2n) is 7.40. The maximum absolute atomic E-state index is 12.2. The van der Waals surface area contributed by atoms with E-state index in [0.29, 0.717) is 0 Å². The maximum atomic E-state index is 12.2. The Morgan fingerprint density at radius 3 is 2.15 bits per heavy atom. The van der Waals surface area contributed by atoms with Crippen molar-refractivity contribution in [2.24, 2.45) is 0 Å². The van der Waals surface area contributed by atoms with Crippen LogP contribution in [0.4, 0.5) is 0 Å². The molecule has 0 fully saturated rings. The molecule has 0 saturated carbocycles. The number of nitrogens with one attached hydrogen (secondary N) is 1. The van der Waals surface area contributed by atoms with Crippen molar-refractivity contribution in [1.82, 2.24) is 4.72 Å². The molecular formula is C22H25NO2S. The summed E-state index contributed by atoms with van der Waals surface area (Å²) >= 11 is 0. The molecule has 4 heteroatoms. The molecule has 0 aliphatic carbocycles. The molecule has 3 nitrogen and oxygen atoms in total. The number of ether oxygens (including phenoxy) is 1. The van der Waals surface area contributed by atoms with Crippen LogP contribution in [0.25, 0.3) is 10.8 Å². The molecule has 1 N–H and O–H groups in total. The predicted molar refractivity (Wildman–Crippen MR) is 110 cm³/mol. The molecule has 3 rings (SSSR count). The van der Waals surface area contributed by atoms with Crippen molar-refractivity contribution < 1.29 is 8.95 Å². The van der Waals surface area contributed by atoms with Crippen LogP contribution in [0.2, 0.25) is 0 Å². The van der Waals surface area contributed by atoms with Crippen LogP contribution in [0.15, 0.2) is 66.7 Å². The third-order valence-corrected chi connectivity index (χ3v) is 5.86. The SMILES string of the molecule is CC(N[S@](=O)C(C)(C)C)c1ccc(Oc2ccc3ccccc3c2)cc1. The van der Waals surface area contributed by atoms with E-state index in [1.807, 2.05) is 76.2 Å². The van der Waals surface area contributed by atoms with Gasteiger partial charge < -0.3 is 4.74 Å². The predicted octanol–water partition coefficient (Wildman–Crippen LogP) is 5.74. The number of rotatable bonds is 5. The molecule has 0 bridgehead atoms. The molecular weight excluding hydrogens is 342 g/mol. The van der Waals surface area contributed by atoms with E-state index in [4.69, 9.17) is 4.74 Å². The number of hydrogen-bond donors (Lipinski definition) is 1. The first-order valence-corrected chi connectivity index (χ1v) is 9.92. The third kappa shape index (κ3) is 4.51. The largest absolute Gasteiger partial charge is 0.457 e. The molecule has 136 valence electrons. The summed E-state index contributed by atoms with van der Waals surface area (Å²) in [7, 11) is -1.10. The highest BCUT2D eigenvalue weighted by molar-refractivity contribution is 7.84. The van der Waals surface area contributed by atoms with Gasteiger partial charge in [-0.15, -0.1) is 0 Å². The van der Waals surface area contributed by atoms with Gasteiger partial charge in [0.1, 0.15) is 11.5 Å². The lowest BCUT2D eigenvalue weighted by atomic mass is 10.1. The van der Waals surface area contributed by atoms with E-state index < -0.39 is 11.0 Å². The first-order valence-electron chi connectivity index (χ1n) is 8.77. The van der Waals surface area contributed by atoms with E-state index in [2.05, 4.69) is 22.9 Å². The number of fused-ring (bicyclic) bond motifs is 1. The molecule has 0 spiro atoms. The van der Waals surface area contributed by atoms with Crippen molar-refractivity contribution in [3.63, 3.8) is 0 Å². The van der Waals surface area contributed by atoms with Gasteiger partial charge in [-0.3, -0.25) is 0 Å². The van der Waals surface area contributed by atoms with Crippen LogP contribution in [-0.4, -0.2) is 8.96 Å². The molecule has 0 heterocycles. The minimum atomic E-state index is -1.10. The lowest BCUT2D eigenvalue weighted by Crippen LogP contribution is -2.34. The van der Waals surface area contributed by atoms with E-state index in [-0.39, 0.29) is 10.8 Å². The van der Waals surface area contributed by atoms with Gasteiger partial charge in [0.25, 0.3) is 0 Å². The van der Waals surface area contributed by atoms with Gasteiger partial charge in [-0.25, -0.2) is 8.93 Å². The standard InChI is InChI=1S/C22H25NO2S/c1-16(23-26(24)22(2,3)4)17-9-12-20(13-10-17)25-21-14-11-18-7-5-6-8-19(18)15-21/h5-16,23H,1-4H3/t16?,26-/m1/s1. The van der Waals surface area contributed by atoms with Gasteiger partial charge in [-0.2, -0.15) is 0 Å². The first-order chi connectivity index (χ1) is 12.3. The molecule has 2 atom stereocenters. The summed E-state index contributed by atoms with van der Waals surface area (Å²) in [4.78, 5) is 0. The van der Waals surface area contributed by atoms with Gasteiger partial charge in [0.2, 0.25) is 0 Å². The Morgan fingerprint density at radius 1 is 0.885 bits per heavy atom. The van der Waals surface area contributed by atoms with Crippen molar-refractivity contribution in [1.29, 1.82) is 0 Å². The van der Waals surface area contributed by atoms with Crippen LogP contribution in [-0.2, 0) is 11.0 Å². The summed E-state index contributed by atoms with van der Waals surface area (Å²) in [6.45, 7) is 7.90. The first kappa shape index (κ1) is 18.6. The van der Waals surface area contributed by atoms with Crippen LogP contribution >= 0.6 is 0 Å². The normalized spacial score (nSPS) is 14.2. The fraction of sp³-hybridized carbons (Fsp3) is 0.273. The van der Waals surface area contributed by atoms with Crippen molar-refractivity contribution in [2.45, 2.75) is 38.5 Å². The van der Waals surface area contributed by atoms with Gasteiger partial charge in [0.05, 0.1) is 15.7 Å². The number of hydrogen-bond acceptors (Lipinski definition) is 2. The van der Waals surface area contributed by atoms with Crippen LogP contribution < -0.4 is 9.46 Å². The van der Waals surface area contributed by atoms with E-state index in [1.165, 1.54) is 5.39 Å². The second kappa shape index (κ2) is 7.60. The minimum absolute atomic E-state index is 0.00442. The van der Waals surface area contributed by atoms with E-state index in [9.17, 15) is 4.21 Å². The van der Waals surface area contributed by atoms with E-state index in [1.54, 1.807) is 0 Å². The topological polar surface area (TPSA) is 38.3 Å². The lowest BCUT2D eigenvalue weighted by Gasteiger charge is -2.22. The van der Waals surface area contributed by atoms with Crippen LogP contribution in [0.5, 0.6) is 11.5 Å². The third-order valence-electron chi connectivity index (χ3n) is 4.18. The monoisotopic (exact) mass is 367 g/mol. The number of benzene rings is 3. The smallest absolute Gasteiger partial charge is 0.128 e. The van der Waals surface area contributed by atoms with Gasteiger partial charge in [-0.1, -0.05) is 42.5 Å². The molecule has 3 aromatic rings. The quantitative estimate of drug-likeness (QED) is 0.624. The highest BCUT2D eigenvalue weighted by atomic mass is 32.2. The maximum Gasteiger partial charge on any atom is 0.128 e. The summed E-state index contributed by atoms with van der Waals surface area (Å²) in [6.07, 6.45) is 0. The van der Waals surface area contributed by atoms with E-state index >= 15 is 0 Å². The molecule has 0 saturated heterocycles. The minimum Gasteiger partial charge on any atom is -0.457 e. The van der Waals surface area contributed by atoms with Gasteiger partial charge in [0, 0.05) is 6.04 Å². The summed E-state index contributed by atoms with van der Waals surface area (Å²) in [5.74, 6) is 1.60. The van der Waals surface area contributed by atoms with Crippen molar-refractivity contribution in [3.05, 3.63) is 72.3 Å². The zero-order valence-electron chi connectivity index (χ0n) is 15.7. The average Bonchev–Trinajstić information content (AvgIpc) is 2.61. The van der Waals surface area contributed by atoms with Crippen molar-refractivity contribution in [2.75, 3.05) is 0 Å². The fourth-order valence-corrected chi connectivity index (χ4v) is 3.41. The van der Waals surface area contributed by atoms with Crippen molar-refractivity contribution >= 4 is 21.8 Å². The Balaban J connectivity index is 1.69. The van der Waals surface area contributed by atoms with Crippen LogP contribution in [0, 0.1) is 0 Å². The molecule has 0 aliphatic rings. The summed E-state index contributed by atoms with van der Waals surface area (Å²) in [5, 5.41) is 2.35. The molecule has 1 unspecified atom stereocenters. The molecule has 0 radical (unpaired) electrons. The Labute approximate surface area is 158 Å². The Hall–Kier alpha value is -2.17. The highest BCUT2D eigenvalue weighted by Gasteiger charge is 2.21. The van der Waals surface area contributed by atoms with Gasteiger partial charge in [0.15, 0.2) is 0 Å². The van der Waals surface area contributed by atoms with Gasteiger partial charge >= 0.3 is 0 Å². The Kier molecular flexibility index (Phi) is 5.44. The molecule has 3 aromatic carbocycles. The second-order valence-corrected chi connectivity index (χ2v) is 9.40.